The monoisotopic (exact) mass is 563 g/mol. The van der Waals surface area contributed by atoms with Gasteiger partial charge in [-0.2, -0.15) is 13.2 Å². The van der Waals surface area contributed by atoms with Crippen LogP contribution in [0.4, 0.5) is 13.2 Å². The van der Waals surface area contributed by atoms with Crippen LogP contribution < -0.4 is 4.74 Å². The lowest BCUT2D eigenvalue weighted by Crippen LogP contribution is -2.13. The molecule has 6 nitrogen and oxygen atoms in total. The first-order valence-corrected chi connectivity index (χ1v) is 11.9. The van der Waals surface area contributed by atoms with Crippen molar-refractivity contribution < 1.29 is 27.8 Å². The van der Waals surface area contributed by atoms with Crippen LogP contribution in [0.15, 0.2) is 41.2 Å². The molecule has 3 rings (SSSR count). The Kier molecular flexibility index (Phi) is 8.82. The predicted molar refractivity (Wildman–Crippen MR) is 135 cm³/mol. The van der Waals surface area contributed by atoms with Crippen LogP contribution in [0.25, 0.3) is 11.4 Å². The zero-order valence-electron chi connectivity index (χ0n) is 19.8. The standard InChI is InChI=1S/C24H23Cl3F3N3O3/c1-5-12(2)21(15-7-17(26)20(8-16(15)25)35-11-13(3)34)36-23(31-4)19-10-33-9-14(24(28,29)30)6-18(27)22(33)32-19/h6-10,13,34H,5,11H2,1-4H3/b21-12-,31-23?. The molecule has 0 radical (unpaired) electrons. The van der Waals surface area contributed by atoms with Crippen molar-refractivity contribution in [3.63, 3.8) is 0 Å². The summed E-state index contributed by atoms with van der Waals surface area (Å²) >= 11 is 19.0. The minimum atomic E-state index is -4.57. The van der Waals surface area contributed by atoms with Crippen molar-refractivity contribution in [2.75, 3.05) is 13.7 Å². The van der Waals surface area contributed by atoms with Crippen molar-refractivity contribution in [1.29, 1.82) is 0 Å². The number of aromatic nitrogens is 2. The average molecular weight is 565 g/mol. The van der Waals surface area contributed by atoms with E-state index in [-0.39, 0.29) is 38.9 Å². The molecule has 2 aromatic heterocycles. The number of aliphatic hydroxyl groups is 1. The molecular formula is C24H23Cl3F3N3O3. The zero-order chi connectivity index (χ0) is 26.8. The predicted octanol–water partition coefficient (Wildman–Crippen LogP) is 7.31. The van der Waals surface area contributed by atoms with E-state index in [0.29, 0.717) is 23.5 Å². The molecule has 1 unspecified atom stereocenters. The Hall–Kier alpha value is -2.46. The molecule has 36 heavy (non-hydrogen) atoms. The molecule has 194 valence electrons. The Morgan fingerprint density at radius 2 is 1.83 bits per heavy atom. The number of hydrogen-bond donors (Lipinski definition) is 1. The number of hydrogen-bond acceptors (Lipinski definition) is 5. The fraction of sp³-hybridized carbons (Fsp3) is 0.333. The van der Waals surface area contributed by atoms with E-state index in [9.17, 15) is 18.3 Å². The summed E-state index contributed by atoms with van der Waals surface area (Å²) in [5.74, 6) is 0.679. The summed E-state index contributed by atoms with van der Waals surface area (Å²) in [6, 6.07) is 3.89. The average Bonchev–Trinajstić information content (AvgIpc) is 3.24. The van der Waals surface area contributed by atoms with Gasteiger partial charge in [-0.1, -0.05) is 41.7 Å². The highest BCUT2D eigenvalue weighted by atomic mass is 35.5. The number of fused-ring (bicyclic) bond motifs is 1. The van der Waals surface area contributed by atoms with Gasteiger partial charge in [-0.3, -0.25) is 4.99 Å². The van der Waals surface area contributed by atoms with Gasteiger partial charge in [0, 0.05) is 31.1 Å². The van der Waals surface area contributed by atoms with Gasteiger partial charge in [0.25, 0.3) is 0 Å². The van der Waals surface area contributed by atoms with E-state index in [1.165, 1.54) is 23.7 Å². The molecule has 0 amide bonds. The number of aliphatic imine (C=N–C) groups is 1. The first kappa shape index (κ1) is 28.1. The lowest BCUT2D eigenvalue weighted by atomic mass is 10.1. The number of benzene rings is 1. The number of aliphatic hydroxyl groups excluding tert-OH is 1. The van der Waals surface area contributed by atoms with Gasteiger partial charge in [0.1, 0.15) is 23.8 Å². The van der Waals surface area contributed by atoms with Gasteiger partial charge in [0.05, 0.1) is 26.7 Å². The van der Waals surface area contributed by atoms with E-state index in [1.54, 1.807) is 13.0 Å². The van der Waals surface area contributed by atoms with Crippen molar-refractivity contribution in [2.45, 2.75) is 39.5 Å². The third-order valence-electron chi connectivity index (χ3n) is 5.12. The number of ether oxygens (including phenoxy) is 2. The lowest BCUT2D eigenvalue weighted by Gasteiger charge is -2.17. The van der Waals surface area contributed by atoms with Gasteiger partial charge in [0.2, 0.25) is 5.90 Å². The third kappa shape index (κ3) is 6.26. The van der Waals surface area contributed by atoms with Crippen LogP contribution in [-0.4, -0.2) is 40.1 Å². The summed E-state index contributed by atoms with van der Waals surface area (Å²) in [5, 5.41) is 9.81. The molecule has 0 bridgehead atoms. The Bertz CT molecular complexity index is 1330. The maximum absolute atomic E-state index is 13.2. The highest BCUT2D eigenvalue weighted by molar-refractivity contribution is 6.35. The van der Waals surface area contributed by atoms with Crippen LogP contribution >= 0.6 is 34.8 Å². The van der Waals surface area contributed by atoms with Crippen molar-refractivity contribution >= 4 is 52.1 Å². The highest BCUT2D eigenvalue weighted by Gasteiger charge is 2.32. The quantitative estimate of drug-likeness (QED) is 0.186. The second kappa shape index (κ2) is 11.3. The highest BCUT2D eigenvalue weighted by Crippen LogP contribution is 2.37. The van der Waals surface area contributed by atoms with E-state index in [2.05, 4.69) is 9.98 Å². The van der Waals surface area contributed by atoms with Crippen LogP contribution in [0.1, 0.15) is 44.0 Å². The molecule has 2 heterocycles. The molecule has 1 N–H and O–H groups in total. The summed E-state index contributed by atoms with van der Waals surface area (Å²) in [5.41, 5.74) is 0.615. The molecule has 0 saturated heterocycles. The van der Waals surface area contributed by atoms with Gasteiger partial charge in [-0.05, 0) is 38.0 Å². The second-order valence-electron chi connectivity index (χ2n) is 7.95. The van der Waals surface area contributed by atoms with E-state index >= 15 is 0 Å². The SMILES string of the molecule is CC/C(C)=C(\OC(=NC)c1cn2cc(C(F)(F)F)cc(Cl)c2n1)c1cc(Cl)c(OCC(C)O)cc1Cl. The summed E-state index contributed by atoms with van der Waals surface area (Å²) < 4.78 is 52.4. The minimum Gasteiger partial charge on any atom is -0.489 e. The number of allylic oxidation sites excluding steroid dienone is 1. The van der Waals surface area contributed by atoms with Crippen LogP contribution in [0.5, 0.6) is 5.75 Å². The lowest BCUT2D eigenvalue weighted by molar-refractivity contribution is -0.137. The van der Waals surface area contributed by atoms with Gasteiger partial charge >= 0.3 is 6.18 Å². The van der Waals surface area contributed by atoms with Crippen molar-refractivity contribution in [3.05, 3.63) is 68.1 Å². The molecule has 0 aliphatic heterocycles. The van der Waals surface area contributed by atoms with E-state index in [0.717, 1.165) is 17.8 Å². The number of pyridine rings is 1. The van der Waals surface area contributed by atoms with E-state index < -0.39 is 17.8 Å². The summed E-state index contributed by atoms with van der Waals surface area (Å²) in [7, 11) is 1.46. The number of halogens is 6. The number of imidazole rings is 1. The normalized spacial score (nSPS) is 14.1. The molecule has 12 heteroatoms. The Balaban J connectivity index is 2.03. The second-order valence-corrected chi connectivity index (χ2v) is 9.17. The van der Waals surface area contributed by atoms with Crippen LogP contribution in [-0.2, 0) is 10.9 Å². The van der Waals surface area contributed by atoms with Gasteiger partial charge in [-0.15, -0.1) is 0 Å². The smallest absolute Gasteiger partial charge is 0.417 e. The Labute approximate surface area is 220 Å². The molecule has 0 aliphatic carbocycles. The van der Waals surface area contributed by atoms with Crippen molar-refractivity contribution in [1.82, 2.24) is 9.38 Å². The van der Waals surface area contributed by atoms with Crippen molar-refractivity contribution in [3.8, 4) is 5.75 Å². The number of rotatable bonds is 7. The number of alkyl halides is 3. The fourth-order valence-electron chi connectivity index (χ4n) is 3.18. The molecule has 1 aromatic carbocycles. The van der Waals surface area contributed by atoms with Crippen LogP contribution in [0, 0.1) is 0 Å². The number of nitrogens with zero attached hydrogens (tertiary/aromatic N) is 3. The third-order valence-corrected chi connectivity index (χ3v) is 6.00. The summed E-state index contributed by atoms with van der Waals surface area (Å²) in [6.07, 6.45) is -2.45. The first-order chi connectivity index (χ1) is 16.8. The maximum Gasteiger partial charge on any atom is 0.417 e. The largest absolute Gasteiger partial charge is 0.489 e. The molecular weight excluding hydrogens is 542 g/mol. The van der Waals surface area contributed by atoms with Crippen LogP contribution in [0.3, 0.4) is 0 Å². The summed E-state index contributed by atoms with van der Waals surface area (Å²) in [4.78, 5) is 8.46. The molecule has 3 aromatic rings. The van der Waals surface area contributed by atoms with E-state index in [4.69, 9.17) is 44.3 Å². The Morgan fingerprint density at radius 1 is 1.14 bits per heavy atom. The van der Waals surface area contributed by atoms with Crippen LogP contribution in [0.2, 0.25) is 15.1 Å². The van der Waals surface area contributed by atoms with Gasteiger partial charge in [0.15, 0.2) is 5.65 Å². The summed E-state index contributed by atoms with van der Waals surface area (Å²) in [6.45, 7) is 5.36. The molecule has 0 saturated carbocycles. The zero-order valence-corrected chi connectivity index (χ0v) is 22.0. The maximum atomic E-state index is 13.2. The van der Waals surface area contributed by atoms with Gasteiger partial charge < -0.3 is 19.0 Å². The van der Waals surface area contributed by atoms with Crippen molar-refractivity contribution in [2.24, 2.45) is 4.99 Å². The molecule has 0 spiro atoms. The topological polar surface area (TPSA) is 68.4 Å². The van der Waals surface area contributed by atoms with E-state index in [1.807, 2.05) is 13.8 Å². The fourth-order valence-corrected chi connectivity index (χ4v) is 3.90. The Morgan fingerprint density at radius 3 is 2.42 bits per heavy atom. The van der Waals surface area contributed by atoms with Gasteiger partial charge in [-0.25, -0.2) is 4.98 Å². The molecule has 0 fully saturated rings. The first-order valence-electron chi connectivity index (χ1n) is 10.8. The minimum absolute atomic E-state index is 0.0295. The molecule has 0 aliphatic rings. The molecule has 1 atom stereocenters.